The molecule has 1 aromatic carbocycles. The minimum Gasteiger partial charge on any atom is -0.478 e. The summed E-state index contributed by atoms with van der Waals surface area (Å²) in [5.41, 5.74) is 1.37. The highest BCUT2D eigenvalue weighted by atomic mass is 16.4. The van der Waals surface area contributed by atoms with Gasteiger partial charge in [0.05, 0.1) is 5.56 Å². The maximum Gasteiger partial charge on any atom is 0.335 e. The van der Waals surface area contributed by atoms with Crippen LogP contribution in [0.15, 0.2) is 24.3 Å². The fraction of sp³-hybridized carbons (Fsp3) is 0.500. The van der Waals surface area contributed by atoms with Crippen LogP contribution in [0, 0.1) is 0 Å². The molecule has 0 bridgehead atoms. The van der Waals surface area contributed by atoms with Crippen LogP contribution in [0.3, 0.4) is 0 Å². The van der Waals surface area contributed by atoms with Gasteiger partial charge in [-0.25, -0.2) is 4.79 Å². The Morgan fingerprint density at radius 1 is 1.26 bits per heavy atom. The van der Waals surface area contributed by atoms with Crippen LogP contribution in [0.1, 0.15) is 28.4 Å². The average Bonchev–Trinajstić information content (AvgIpc) is 2.46. The normalized spacial score (nSPS) is 18.2. The molecule has 0 amide bonds. The smallest absolute Gasteiger partial charge is 0.335 e. The summed E-state index contributed by atoms with van der Waals surface area (Å²) >= 11 is 0. The summed E-state index contributed by atoms with van der Waals surface area (Å²) in [4.78, 5) is 13.2. The second-order valence-corrected chi connectivity index (χ2v) is 4.74. The number of nitrogens with one attached hydrogen (secondary N) is 1. The van der Waals surface area contributed by atoms with Crippen molar-refractivity contribution in [3.8, 4) is 0 Å². The standard InChI is InChI=1S/C14H20N2O3/c17-10-5-13(16-8-6-15-7-9-16)11-1-3-12(4-2-11)14(18)19/h1-4,13,15,17H,5-10H2,(H,18,19)/t13-/m1/s1. The van der Waals surface area contributed by atoms with E-state index in [0.717, 1.165) is 31.7 Å². The van der Waals surface area contributed by atoms with Crippen LogP contribution in [-0.2, 0) is 0 Å². The molecular weight excluding hydrogens is 244 g/mol. The van der Waals surface area contributed by atoms with E-state index in [9.17, 15) is 9.90 Å². The third-order valence-corrected chi connectivity index (χ3v) is 3.54. The largest absolute Gasteiger partial charge is 0.478 e. The molecule has 1 fully saturated rings. The lowest BCUT2D eigenvalue weighted by Crippen LogP contribution is -2.45. The van der Waals surface area contributed by atoms with E-state index in [-0.39, 0.29) is 12.6 Å². The number of carbonyl (C=O) groups is 1. The number of carboxylic acids is 1. The van der Waals surface area contributed by atoms with E-state index in [2.05, 4.69) is 10.2 Å². The molecular formula is C14H20N2O3. The molecule has 0 spiro atoms. The zero-order valence-electron chi connectivity index (χ0n) is 10.9. The van der Waals surface area contributed by atoms with E-state index >= 15 is 0 Å². The lowest BCUT2D eigenvalue weighted by Gasteiger charge is -2.35. The first-order valence-corrected chi connectivity index (χ1v) is 6.61. The van der Waals surface area contributed by atoms with Gasteiger partial charge in [0.15, 0.2) is 0 Å². The molecule has 0 unspecified atom stereocenters. The Morgan fingerprint density at radius 3 is 2.42 bits per heavy atom. The molecule has 5 heteroatoms. The fourth-order valence-electron chi connectivity index (χ4n) is 2.52. The van der Waals surface area contributed by atoms with Crippen LogP contribution in [0.2, 0.25) is 0 Å². The highest BCUT2D eigenvalue weighted by Gasteiger charge is 2.21. The summed E-state index contributed by atoms with van der Waals surface area (Å²) in [6.07, 6.45) is 0.673. The number of benzene rings is 1. The van der Waals surface area contributed by atoms with Gasteiger partial charge in [0.1, 0.15) is 0 Å². The van der Waals surface area contributed by atoms with Gasteiger partial charge in [-0.2, -0.15) is 0 Å². The maximum absolute atomic E-state index is 10.9. The number of piperazine rings is 1. The van der Waals surface area contributed by atoms with Crippen molar-refractivity contribution in [2.75, 3.05) is 32.8 Å². The third kappa shape index (κ3) is 3.53. The van der Waals surface area contributed by atoms with Crippen LogP contribution in [0.25, 0.3) is 0 Å². The van der Waals surface area contributed by atoms with Crippen molar-refractivity contribution in [2.24, 2.45) is 0 Å². The average molecular weight is 264 g/mol. The number of hydrogen-bond acceptors (Lipinski definition) is 4. The highest BCUT2D eigenvalue weighted by molar-refractivity contribution is 5.87. The molecule has 1 heterocycles. The number of aliphatic hydroxyl groups is 1. The lowest BCUT2D eigenvalue weighted by atomic mass is 10.00. The Hall–Kier alpha value is -1.43. The summed E-state index contributed by atoms with van der Waals surface area (Å²) in [5, 5.41) is 21.4. The Labute approximate surface area is 112 Å². The van der Waals surface area contributed by atoms with Crippen LogP contribution < -0.4 is 5.32 Å². The van der Waals surface area contributed by atoms with Gasteiger partial charge < -0.3 is 15.5 Å². The Morgan fingerprint density at radius 2 is 1.89 bits per heavy atom. The van der Waals surface area contributed by atoms with Crippen molar-refractivity contribution in [2.45, 2.75) is 12.5 Å². The number of hydrogen-bond donors (Lipinski definition) is 3. The number of aromatic carboxylic acids is 1. The number of carboxylic acid groups (broad SMARTS) is 1. The van der Waals surface area contributed by atoms with Gasteiger partial charge in [-0.05, 0) is 24.1 Å². The van der Waals surface area contributed by atoms with E-state index in [1.165, 1.54) is 0 Å². The third-order valence-electron chi connectivity index (χ3n) is 3.54. The van der Waals surface area contributed by atoms with E-state index in [1.54, 1.807) is 12.1 Å². The van der Waals surface area contributed by atoms with E-state index in [0.29, 0.717) is 12.0 Å². The van der Waals surface area contributed by atoms with Crippen molar-refractivity contribution in [3.05, 3.63) is 35.4 Å². The zero-order valence-corrected chi connectivity index (χ0v) is 10.9. The summed E-state index contributed by atoms with van der Waals surface area (Å²) in [7, 11) is 0. The molecule has 1 aromatic rings. The number of rotatable bonds is 5. The Balaban J connectivity index is 2.15. The van der Waals surface area contributed by atoms with Crippen molar-refractivity contribution in [1.29, 1.82) is 0 Å². The quantitative estimate of drug-likeness (QED) is 0.730. The summed E-state index contributed by atoms with van der Waals surface area (Å²) in [5.74, 6) is -0.910. The van der Waals surface area contributed by atoms with Gasteiger partial charge in [-0.1, -0.05) is 12.1 Å². The minimum absolute atomic E-state index is 0.134. The van der Waals surface area contributed by atoms with Gasteiger partial charge in [0.2, 0.25) is 0 Å². The minimum atomic E-state index is -0.910. The molecule has 0 radical (unpaired) electrons. The first-order chi connectivity index (χ1) is 9.22. The molecule has 3 N–H and O–H groups in total. The van der Waals surface area contributed by atoms with Crippen molar-refractivity contribution >= 4 is 5.97 Å². The number of nitrogens with zero attached hydrogens (tertiary/aromatic N) is 1. The lowest BCUT2D eigenvalue weighted by molar-refractivity contribution is 0.0696. The molecule has 1 aliphatic heterocycles. The van der Waals surface area contributed by atoms with E-state index in [4.69, 9.17) is 5.11 Å². The molecule has 0 saturated carbocycles. The predicted molar refractivity (Wildman–Crippen MR) is 72.3 cm³/mol. The van der Waals surface area contributed by atoms with E-state index in [1.807, 2.05) is 12.1 Å². The molecule has 1 aliphatic rings. The molecule has 1 atom stereocenters. The topological polar surface area (TPSA) is 72.8 Å². The molecule has 19 heavy (non-hydrogen) atoms. The van der Waals surface area contributed by atoms with Crippen LogP contribution in [-0.4, -0.2) is 53.9 Å². The molecule has 104 valence electrons. The molecule has 1 saturated heterocycles. The molecule has 5 nitrogen and oxygen atoms in total. The summed E-state index contributed by atoms with van der Waals surface area (Å²) < 4.78 is 0. The van der Waals surface area contributed by atoms with Crippen LogP contribution >= 0.6 is 0 Å². The molecule has 0 aliphatic carbocycles. The van der Waals surface area contributed by atoms with Crippen molar-refractivity contribution in [3.63, 3.8) is 0 Å². The molecule has 2 rings (SSSR count). The van der Waals surface area contributed by atoms with Gasteiger partial charge in [0, 0.05) is 38.8 Å². The van der Waals surface area contributed by atoms with Crippen molar-refractivity contribution in [1.82, 2.24) is 10.2 Å². The Bertz CT molecular complexity index is 413. The van der Waals surface area contributed by atoms with Crippen molar-refractivity contribution < 1.29 is 15.0 Å². The SMILES string of the molecule is O=C(O)c1ccc([C@@H](CCO)N2CCNCC2)cc1. The second kappa shape index (κ2) is 6.65. The van der Waals surface area contributed by atoms with Crippen LogP contribution in [0.5, 0.6) is 0 Å². The van der Waals surface area contributed by atoms with Crippen LogP contribution in [0.4, 0.5) is 0 Å². The summed E-state index contributed by atoms with van der Waals surface area (Å²) in [6, 6.07) is 7.13. The number of aliphatic hydroxyl groups excluding tert-OH is 1. The van der Waals surface area contributed by atoms with Gasteiger partial charge in [0.25, 0.3) is 0 Å². The van der Waals surface area contributed by atoms with Gasteiger partial charge >= 0.3 is 5.97 Å². The zero-order chi connectivity index (χ0) is 13.7. The van der Waals surface area contributed by atoms with Gasteiger partial charge in [-0.15, -0.1) is 0 Å². The van der Waals surface area contributed by atoms with E-state index < -0.39 is 5.97 Å². The first-order valence-electron chi connectivity index (χ1n) is 6.61. The monoisotopic (exact) mass is 264 g/mol. The van der Waals surface area contributed by atoms with Gasteiger partial charge in [-0.3, -0.25) is 4.90 Å². The first kappa shape index (κ1) is 14.0. The predicted octanol–water partition coefficient (Wildman–Crippen LogP) is 0.713. The Kier molecular flexibility index (Phi) is 4.90. The molecule has 0 aromatic heterocycles. The second-order valence-electron chi connectivity index (χ2n) is 4.74. The fourth-order valence-corrected chi connectivity index (χ4v) is 2.52. The summed E-state index contributed by atoms with van der Waals surface area (Å²) in [6.45, 7) is 3.94. The maximum atomic E-state index is 10.9. The highest BCUT2D eigenvalue weighted by Crippen LogP contribution is 2.24.